The van der Waals surface area contributed by atoms with Crippen LogP contribution in [-0.4, -0.2) is 22.1 Å². The lowest BCUT2D eigenvalue weighted by Crippen LogP contribution is -2.41. The van der Waals surface area contributed by atoms with Crippen molar-refractivity contribution in [3.05, 3.63) is 33.1 Å². The number of aromatic nitrogens is 2. The fourth-order valence-electron chi connectivity index (χ4n) is 0.982. The summed E-state index contributed by atoms with van der Waals surface area (Å²) < 4.78 is 2.11. The molecule has 1 amide bonds. The molecule has 0 aromatic carbocycles. The first-order valence-corrected chi connectivity index (χ1v) is 4.03. The monoisotopic (exact) mass is 197 g/mol. The summed E-state index contributed by atoms with van der Waals surface area (Å²) in [5.41, 5.74) is -0.974. The Morgan fingerprint density at radius 1 is 1.50 bits per heavy atom. The first kappa shape index (κ1) is 10.2. The Bertz CT molecular complexity index is 458. The molecule has 1 aromatic heterocycles. The van der Waals surface area contributed by atoms with Gasteiger partial charge in [-0.05, 0) is 0 Å². The molecule has 0 aliphatic heterocycles. The minimum absolute atomic E-state index is 0.247. The quantitative estimate of drug-likeness (QED) is 0.613. The van der Waals surface area contributed by atoms with Crippen LogP contribution in [0.15, 0.2) is 21.9 Å². The summed E-state index contributed by atoms with van der Waals surface area (Å²) >= 11 is 0. The Morgan fingerprint density at radius 2 is 2.14 bits per heavy atom. The van der Waals surface area contributed by atoms with Crippen LogP contribution in [0.25, 0.3) is 0 Å². The van der Waals surface area contributed by atoms with E-state index in [0.717, 1.165) is 4.57 Å². The van der Waals surface area contributed by atoms with Crippen molar-refractivity contribution < 1.29 is 4.79 Å². The first-order chi connectivity index (χ1) is 6.56. The minimum Gasteiger partial charge on any atom is -0.358 e. The molecule has 14 heavy (non-hydrogen) atoms. The number of carbonyl (C=O) groups excluding carboxylic acids is 1. The summed E-state index contributed by atoms with van der Waals surface area (Å²) in [5, 5.41) is 2.34. The van der Waals surface area contributed by atoms with Gasteiger partial charge in [0.1, 0.15) is 6.54 Å². The minimum atomic E-state index is -0.499. The summed E-state index contributed by atoms with van der Waals surface area (Å²) in [6, 6.07) is 1.24. The number of amides is 1. The number of aryl methyl sites for hydroxylation is 1. The molecule has 1 aromatic rings. The molecule has 0 bridgehead atoms. The van der Waals surface area contributed by atoms with Gasteiger partial charge in [0.2, 0.25) is 5.91 Å². The fourth-order valence-corrected chi connectivity index (χ4v) is 0.982. The van der Waals surface area contributed by atoms with Crippen LogP contribution < -0.4 is 16.6 Å². The van der Waals surface area contributed by atoms with Gasteiger partial charge in [0.05, 0.1) is 0 Å². The van der Waals surface area contributed by atoms with E-state index in [9.17, 15) is 14.4 Å². The van der Waals surface area contributed by atoms with Crippen LogP contribution in [0.2, 0.25) is 0 Å². The van der Waals surface area contributed by atoms with E-state index in [2.05, 4.69) is 5.32 Å². The summed E-state index contributed by atoms with van der Waals surface area (Å²) in [4.78, 5) is 33.6. The van der Waals surface area contributed by atoms with E-state index in [4.69, 9.17) is 0 Å². The highest BCUT2D eigenvalue weighted by Gasteiger charge is 2.06. The molecule has 1 heterocycles. The van der Waals surface area contributed by atoms with Crippen molar-refractivity contribution in [2.45, 2.75) is 6.54 Å². The zero-order valence-corrected chi connectivity index (χ0v) is 7.98. The predicted octanol–water partition coefficient (Wildman–Crippen LogP) is -1.71. The maximum Gasteiger partial charge on any atom is 0.331 e. The van der Waals surface area contributed by atoms with E-state index in [1.54, 1.807) is 0 Å². The van der Waals surface area contributed by atoms with Gasteiger partial charge in [-0.3, -0.25) is 14.2 Å². The normalized spacial score (nSPS) is 9.86. The van der Waals surface area contributed by atoms with Crippen molar-refractivity contribution in [3.8, 4) is 0 Å². The van der Waals surface area contributed by atoms with E-state index in [0.29, 0.717) is 0 Å². The van der Waals surface area contributed by atoms with E-state index in [1.807, 2.05) is 0 Å². The van der Waals surface area contributed by atoms with Gasteiger partial charge < -0.3 is 9.88 Å². The second kappa shape index (κ2) is 3.91. The third-order valence-corrected chi connectivity index (χ3v) is 1.82. The molecule has 0 fully saturated rings. The number of carbonyl (C=O) groups is 1. The Hall–Kier alpha value is -1.85. The summed E-state index contributed by atoms with van der Waals surface area (Å²) in [5.74, 6) is -0.379. The molecule has 1 N–H and O–H groups in total. The van der Waals surface area contributed by atoms with E-state index in [1.165, 1.54) is 30.9 Å². The van der Waals surface area contributed by atoms with E-state index < -0.39 is 11.2 Å². The van der Waals surface area contributed by atoms with Crippen LogP contribution in [0.5, 0.6) is 0 Å². The number of hydrogen-bond donors (Lipinski definition) is 1. The fraction of sp³-hybridized carbons (Fsp3) is 0.375. The van der Waals surface area contributed by atoms with Gasteiger partial charge in [-0.15, -0.1) is 0 Å². The third-order valence-electron chi connectivity index (χ3n) is 1.82. The molecular weight excluding hydrogens is 186 g/mol. The van der Waals surface area contributed by atoms with Gasteiger partial charge in [0.15, 0.2) is 0 Å². The van der Waals surface area contributed by atoms with Crippen LogP contribution in [-0.2, 0) is 18.4 Å². The first-order valence-electron chi connectivity index (χ1n) is 4.03. The Kier molecular flexibility index (Phi) is 2.85. The molecule has 0 aliphatic carbocycles. The average Bonchev–Trinajstić information content (AvgIpc) is 2.18. The number of nitrogens with one attached hydrogen (secondary N) is 1. The second-order valence-electron chi connectivity index (χ2n) is 2.81. The molecular formula is C8H11N3O3. The molecule has 0 unspecified atom stereocenters. The maximum absolute atomic E-state index is 11.4. The molecule has 0 spiro atoms. The van der Waals surface area contributed by atoms with Gasteiger partial charge in [-0.1, -0.05) is 0 Å². The average molecular weight is 197 g/mol. The van der Waals surface area contributed by atoms with Gasteiger partial charge >= 0.3 is 5.69 Å². The molecule has 0 aliphatic rings. The number of nitrogens with zero attached hydrogens (tertiary/aromatic N) is 2. The molecule has 6 nitrogen and oxygen atoms in total. The molecule has 0 saturated carbocycles. The molecule has 76 valence electrons. The highest BCUT2D eigenvalue weighted by molar-refractivity contribution is 5.75. The predicted molar refractivity (Wildman–Crippen MR) is 50.0 cm³/mol. The van der Waals surface area contributed by atoms with Crippen LogP contribution in [0.3, 0.4) is 0 Å². The topological polar surface area (TPSA) is 73.1 Å². The molecule has 1 rings (SSSR count). The van der Waals surface area contributed by atoms with Gasteiger partial charge in [0, 0.05) is 26.4 Å². The Morgan fingerprint density at radius 3 is 2.71 bits per heavy atom. The Balaban J connectivity index is 3.20. The van der Waals surface area contributed by atoms with Crippen LogP contribution in [0.1, 0.15) is 0 Å². The third kappa shape index (κ3) is 1.90. The summed E-state index contributed by atoms with van der Waals surface area (Å²) in [6.45, 7) is -0.247. The van der Waals surface area contributed by atoms with Gasteiger partial charge in [-0.25, -0.2) is 4.79 Å². The highest BCUT2D eigenvalue weighted by atomic mass is 16.2. The number of likely N-dealkylation sites (N-methyl/N-ethyl adjacent to an activating group) is 1. The largest absolute Gasteiger partial charge is 0.358 e. The number of rotatable bonds is 2. The van der Waals surface area contributed by atoms with Gasteiger partial charge in [0.25, 0.3) is 5.56 Å². The van der Waals surface area contributed by atoms with Crippen LogP contribution >= 0.6 is 0 Å². The second-order valence-corrected chi connectivity index (χ2v) is 2.81. The van der Waals surface area contributed by atoms with Crippen molar-refractivity contribution in [1.82, 2.24) is 14.5 Å². The van der Waals surface area contributed by atoms with Crippen LogP contribution in [0, 0.1) is 0 Å². The molecule has 6 heteroatoms. The lowest BCUT2D eigenvalue weighted by Gasteiger charge is -2.04. The van der Waals surface area contributed by atoms with Crippen LogP contribution in [0.4, 0.5) is 0 Å². The lowest BCUT2D eigenvalue weighted by molar-refractivity contribution is -0.121. The molecule has 0 radical (unpaired) electrons. The lowest BCUT2D eigenvalue weighted by atomic mass is 10.5. The number of hydrogen-bond acceptors (Lipinski definition) is 3. The Labute approximate surface area is 79.8 Å². The molecule has 0 saturated heterocycles. The summed E-state index contributed by atoms with van der Waals surface area (Å²) in [6.07, 6.45) is 1.37. The highest BCUT2D eigenvalue weighted by Crippen LogP contribution is 1.74. The summed E-state index contributed by atoms with van der Waals surface area (Å²) in [7, 11) is 2.96. The van der Waals surface area contributed by atoms with Crippen molar-refractivity contribution in [1.29, 1.82) is 0 Å². The van der Waals surface area contributed by atoms with Crippen molar-refractivity contribution in [2.75, 3.05) is 7.05 Å². The van der Waals surface area contributed by atoms with Crippen molar-refractivity contribution in [3.63, 3.8) is 0 Å². The van der Waals surface area contributed by atoms with Crippen molar-refractivity contribution >= 4 is 5.91 Å². The van der Waals surface area contributed by atoms with E-state index >= 15 is 0 Å². The zero-order chi connectivity index (χ0) is 10.7. The maximum atomic E-state index is 11.4. The zero-order valence-electron chi connectivity index (χ0n) is 7.98. The molecule has 0 atom stereocenters. The van der Waals surface area contributed by atoms with E-state index in [-0.39, 0.29) is 12.5 Å². The standard InChI is InChI=1S/C8H11N3O3/c1-9-6(12)5-11-7(13)3-4-10(2)8(11)14/h3-4H,5H2,1-2H3,(H,9,12). The van der Waals surface area contributed by atoms with Gasteiger partial charge in [-0.2, -0.15) is 0 Å². The smallest absolute Gasteiger partial charge is 0.331 e. The van der Waals surface area contributed by atoms with Crippen molar-refractivity contribution in [2.24, 2.45) is 7.05 Å². The SMILES string of the molecule is CNC(=O)Cn1c(=O)ccn(C)c1=O.